The molecule has 4 aromatic rings. The average Bonchev–Trinajstić information content (AvgIpc) is 3.55. The van der Waals surface area contributed by atoms with Gasteiger partial charge >= 0.3 is 0 Å². The first kappa shape index (κ1) is 29.7. The third-order valence-electron chi connectivity index (χ3n) is 7.03. The van der Waals surface area contributed by atoms with Crippen LogP contribution in [0.1, 0.15) is 28.3 Å². The number of pyridine rings is 1. The van der Waals surface area contributed by atoms with Crippen LogP contribution in [-0.2, 0) is 17.8 Å². The first-order chi connectivity index (χ1) is 20.3. The number of ether oxygens (including phenoxy) is 3. The van der Waals surface area contributed by atoms with Crippen molar-refractivity contribution >= 4 is 17.4 Å². The number of methoxy groups -OCH3 is 1. The molecule has 0 unspecified atom stereocenters. The second-order valence-corrected chi connectivity index (χ2v) is 10.6. The van der Waals surface area contributed by atoms with Gasteiger partial charge in [0.1, 0.15) is 36.6 Å². The summed E-state index contributed by atoms with van der Waals surface area (Å²) in [5, 5.41) is 17.7. The lowest BCUT2D eigenvalue weighted by molar-refractivity contribution is 0.108. The molecule has 0 radical (unpaired) electrons. The summed E-state index contributed by atoms with van der Waals surface area (Å²) < 4.78 is 22.2. The zero-order valence-electron chi connectivity index (χ0n) is 24.4. The number of aliphatic hydroxyl groups excluding tert-OH is 1. The zero-order valence-corrected chi connectivity index (χ0v) is 25.2. The van der Waals surface area contributed by atoms with E-state index in [2.05, 4.69) is 15.4 Å². The first-order valence-electron chi connectivity index (χ1n) is 13.7. The number of nitrogens with one attached hydrogen (secondary N) is 1. The molecule has 0 fully saturated rings. The van der Waals surface area contributed by atoms with Gasteiger partial charge in [0.25, 0.3) is 0 Å². The van der Waals surface area contributed by atoms with Gasteiger partial charge in [0, 0.05) is 37.4 Å². The predicted octanol–water partition coefficient (Wildman–Crippen LogP) is 4.28. The van der Waals surface area contributed by atoms with Crippen molar-refractivity contribution in [3.63, 3.8) is 0 Å². The summed E-state index contributed by atoms with van der Waals surface area (Å²) in [6.07, 6.45) is -0.654. The number of nitrogens with zero attached hydrogens (tertiary/aromatic N) is 5. The summed E-state index contributed by atoms with van der Waals surface area (Å²) >= 11 is 6.71. The normalized spacial score (nSPS) is 13.4. The van der Waals surface area contributed by atoms with Gasteiger partial charge in [-0.2, -0.15) is 0 Å². The minimum atomic E-state index is -0.654. The molecule has 11 nitrogen and oxygen atoms in total. The van der Waals surface area contributed by atoms with Gasteiger partial charge in [0.15, 0.2) is 5.82 Å². The van der Waals surface area contributed by atoms with Crippen LogP contribution in [-0.4, -0.2) is 71.8 Å². The smallest absolute Gasteiger partial charge is 0.213 e. The molecule has 3 aromatic heterocycles. The Morgan fingerprint density at radius 3 is 2.64 bits per heavy atom. The Labute approximate surface area is 249 Å². The molecule has 0 aliphatic carbocycles. The van der Waals surface area contributed by atoms with E-state index >= 15 is 0 Å². The van der Waals surface area contributed by atoms with Crippen molar-refractivity contribution in [2.24, 2.45) is 0 Å². The van der Waals surface area contributed by atoms with Gasteiger partial charge in [0.05, 0.1) is 40.8 Å². The molecule has 0 amide bonds. The first-order valence-corrected chi connectivity index (χ1v) is 14.1. The topological polar surface area (TPSA) is 128 Å². The maximum absolute atomic E-state index is 10.1. The lowest BCUT2D eigenvalue weighted by atomic mass is 10.0. The standard InChI is InChI=1S/C30H35ClN6O5/c1-17-28(27-18(2)36-42-19(27)3)34-29(23-12-22(7-8-24(23)31)41-16-21(38)13-32-4)35-30(17)37-14-20-6-9-26(33-25(20)15-37)40-11-10-39-5/h6-9,12,21,32,38H,10-11,13-16H2,1-5H3/t21-/m1/s1. The van der Waals surface area contributed by atoms with Crippen molar-refractivity contribution in [1.29, 1.82) is 0 Å². The molecule has 1 atom stereocenters. The van der Waals surface area contributed by atoms with Gasteiger partial charge in [-0.15, -0.1) is 0 Å². The predicted molar refractivity (Wildman–Crippen MR) is 159 cm³/mol. The Morgan fingerprint density at radius 1 is 1.07 bits per heavy atom. The molecule has 5 rings (SSSR count). The van der Waals surface area contributed by atoms with Crippen LogP contribution in [0.25, 0.3) is 22.6 Å². The highest BCUT2D eigenvalue weighted by Gasteiger charge is 2.28. The molecular formula is C30H35ClN6O5. The largest absolute Gasteiger partial charge is 0.491 e. The van der Waals surface area contributed by atoms with Crippen LogP contribution in [0.3, 0.4) is 0 Å². The van der Waals surface area contributed by atoms with Gasteiger partial charge in [-0.3, -0.25) is 0 Å². The summed E-state index contributed by atoms with van der Waals surface area (Å²) in [4.78, 5) is 16.9. The highest BCUT2D eigenvalue weighted by molar-refractivity contribution is 6.33. The second-order valence-electron chi connectivity index (χ2n) is 10.2. The quantitative estimate of drug-likeness (QED) is 0.228. The Bertz CT molecular complexity index is 1540. The fraction of sp³-hybridized carbons (Fsp3) is 0.400. The summed E-state index contributed by atoms with van der Waals surface area (Å²) in [6.45, 7) is 8.40. The average molecular weight is 595 g/mol. The number of hydrogen-bond acceptors (Lipinski definition) is 11. The molecular weight excluding hydrogens is 560 g/mol. The van der Waals surface area contributed by atoms with E-state index in [1.54, 1.807) is 32.4 Å². The zero-order chi connectivity index (χ0) is 29.8. The van der Waals surface area contributed by atoms with E-state index in [1.807, 2.05) is 32.9 Å². The van der Waals surface area contributed by atoms with E-state index in [9.17, 15) is 5.11 Å². The molecule has 1 aliphatic heterocycles. The highest BCUT2D eigenvalue weighted by atomic mass is 35.5. The number of likely N-dealkylation sites (N-methyl/N-ethyl adjacent to an activating group) is 1. The molecule has 1 aromatic carbocycles. The minimum Gasteiger partial charge on any atom is -0.491 e. The van der Waals surface area contributed by atoms with Crippen molar-refractivity contribution < 1.29 is 23.8 Å². The monoisotopic (exact) mass is 594 g/mol. The fourth-order valence-electron chi connectivity index (χ4n) is 4.94. The maximum atomic E-state index is 10.1. The number of anilines is 1. The fourth-order valence-corrected chi connectivity index (χ4v) is 5.15. The van der Waals surface area contributed by atoms with E-state index in [1.165, 1.54) is 0 Å². The molecule has 1 aliphatic rings. The van der Waals surface area contributed by atoms with Crippen molar-refractivity contribution in [2.75, 3.05) is 45.4 Å². The molecule has 0 saturated carbocycles. The number of fused-ring (bicyclic) bond motifs is 1. The van der Waals surface area contributed by atoms with Gasteiger partial charge in [-0.05, 0) is 57.6 Å². The van der Waals surface area contributed by atoms with E-state index in [-0.39, 0.29) is 6.61 Å². The Hall–Kier alpha value is -3.77. The number of aromatic nitrogens is 4. The number of rotatable bonds is 12. The van der Waals surface area contributed by atoms with Crippen LogP contribution in [0.4, 0.5) is 5.82 Å². The Kier molecular flexibility index (Phi) is 9.22. The number of aryl methyl sites for hydroxylation is 2. The molecule has 0 saturated heterocycles. The SMILES string of the molecule is CNC[C@@H](O)COc1ccc(Cl)c(-c2nc(-c3c(C)noc3C)c(C)c(N3Cc4ccc(OCCOC)nc4C3)n2)c1. The van der Waals surface area contributed by atoms with Gasteiger partial charge < -0.3 is 34.1 Å². The van der Waals surface area contributed by atoms with Crippen LogP contribution < -0.4 is 19.7 Å². The Balaban J connectivity index is 1.54. The summed E-state index contributed by atoms with van der Waals surface area (Å²) in [6, 6.07) is 9.22. The van der Waals surface area contributed by atoms with Gasteiger partial charge in [-0.1, -0.05) is 16.8 Å². The van der Waals surface area contributed by atoms with E-state index in [4.69, 9.17) is 45.3 Å². The molecule has 12 heteroatoms. The summed E-state index contributed by atoms with van der Waals surface area (Å²) in [7, 11) is 3.41. The third kappa shape index (κ3) is 6.34. The van der Waals surface area contributed by atoms with E-state index < -0.39 is 6.10 Å². The third-order valence-corrected chi connectivity index (χ3v) is 7.36. The molecule has 222 valence electrons. The highest BCUT2D eigenvalue weighted by Crippen LogP contribution is 2.39. The van der Waals surface area contributed by atoms with E-state index in [0.717, 1.165) is 33.9 Å². The number of hydrogen-bond donors (Lipinski definition) is 2. The Morgan fingerprint density at radius 2 is 1.90 bits per heavy atom. The molecule has 2 N–H and O–H groups in total. The summed E-state index contributed by atoms with van der Waals surface area (Å²) in [5.41, 5.74) is 5.78. The lowest BCUT2D eigenvalue weighted by Crippen LogP contribution is -2.29. The van der Waals surface area contributed by atoms with Gasteiger partial charge in [0.2, 0.25) is 5.88 Å². The molecule has 0 bridgehead atoms. The van der Waals surface area contributed by atoms with E-state index in [0.29, 0.717) is 72.3 Å². The van der Waals surface area contributed by atoms with Crippen LogP contribution >= 0.6 is 11.6 Å². The number of aliphatic hydroxyl groups is 1. The molecule has 42 heavy (non-hydrogen) atoms. The van der Waals surface area contributed by atoms with Crippen LogP contribution in [0.5, 0.6) is 11.6 Å². The number of benzene rings is 1. The van der Waals surface area contributed by atoms with Gasteiger partial charge in [-0.25, -0.2) is 15.0 Å². The van der Waals surface area contributed by atoms with Crippen molar-refractivity contribution in [3.05, 3.63) is 63.6 Å². The van der Waals surface area contributed by atoms with Crippen molar-refractivity contribution in [2.45, 2.75) is 40.0 Å². The molecule has 0 spiro atoms. The number of halogens is 1. The van der Waals surface area contributed by atoms with Crippen LogP contribution in [0.15, 0.2) is 34.9 Å². The van der Waals surface area contributed by atoms with Crippen LogP contribution in [0.2, 0.25) is 5.02 Å². The van der Waals surface area contributed by atoms with Crippen molar-refractivity contribution in [1.82, 2.24) is 25.4 Å². The molecule has 4 heterocycles. The minimum absolute atomic E-state index is 0.127. The lowest BCUT2D eigenvalue weighted by Gasteiger charge is -2.22. The van der Waals surface area contributed by atoms with Crippen LogP contribution in [0, 0.1) is 20.8 Å². The summed E-state index contributed by atoms with van der Waals surface area (Å²) in [5.74, 6) is 2.96. The maximum Gasteiger partial charge on any atom is 0.213 e. The second kappa shape index (κ2) is 13.0. The van der Waals surface area contributed by atoms with Crippen molar-refractivity contribution in [3.8, 4) is 34.3 Å².